The Hall–Kier alpha value is -1.87. The topological polar surface area (TPSA) is 86.4 Å². The molecule has 2 heterocycles. The molecule has 7 nitrogen and oxygen atoms in total. The van der Waals surface area contributed by atoms with Crippen LogP contribution >= 0.6 is 34.5 Å². The van der Waals surface area contributed by atoms with Crippen LogP contribution in [-0.4, -0.2) is 41.0 Å². The SMILES string of the molecule is O=C(CN1CCc2nc(NC(=O)NC3CCCC3)sc2C1)Nc1ccc(Cl)c(Cl)c1. The molecule has 160 valence electrons. The first-order chi connectivity index (χ1) is 14.5. The van der Waals surface area contributed by atoms with Gasteiger partial charge in [-0.25, -0.2) is 9.78 Å². The molecule has 1 aliphatic heterocycles. The molecule has 10 heteroatoms. The van der Waals surface area contributed by atoms with Gasteiger partial charge in [0.25, 0.3) is 0 Å². The highest BCUT2D eigenvalue weighted by atomic mass is 35.5. The molecule has 30 heavy (non-hydrogen) atoms. The monoisotopic (exact) mass is 467 g/mol. The number of anilines is 2. The summed E-state index contributed by atoms with van der Waals surface area (Å²) >= 11 is 13.4. The van der Waals surface area contributed by atoms with Gasteiger partial charge >= 0.3 is 6.03 Å². The zero-order chi connectivity index (χ0) is 21.1. The molecule has 0 saturated heterocycles. The van der Waals surface area contributed by atoms with Crippen molar-refractivity contribution in [1.29, 1.82) is 0 Å². The lowest BCUT2D eigenvalue weighted by molar-refractivity contribution is -0.117. The Morgan fingerprint density at radius 1 is 1.17 bits per heavy atom. The molecule has 4 rings (SSSR count). The highest BCUT2D eigenvalue weighted by Crippen LogP contribution is 2.29. The van der Waals surface area contributed by atoms with Crippen LogP contribution in [0.5, 0.6) is 0 Å². The Bertz CT molecular complexity index is 945. The summed E-state index contributed by atoms with van der Waals surface area (Å²) in [5.74, 6) is -0.115. The third-order valence-corrected chi connectivity index (χ3v) is 7.03. The molecule has 2 aliphatic rings. The van der Waals surface area contributed by atoms with E-state index in [9.17, 15) is 9.59 Å². The molecule has 1 fully saturated rings. The molecule has 0 radical (unpaired) electrons. The number of fused-ring (bicyclic) bond motifs is 1. The van der Waals surface area contributed by atoms with Crippen LogP contribution in [0.25, 0.3) is 0 Å². The summed E-state index contributed by atoms with van der Waals surface area (Å²) in [6, 6.07) is 5.09. The Morgan fingerprint density at radius 2 is 1.97 bits per heavy atom. The van der Waals surface area contributed by atoms with Crippen molar-refractivity contribution >= 4 is 57.3 Å². The van der Waals surface area contributed by atoms with E-state index in [2.05, 4.69) is 25.8 Å². The second kappa shape index (κ2) is 9.51. The largest absolute Gasteiger partial charge is 0.335 e. The molecular weight excluding hydrogens is 445 g/mol. The highest BCUT2D eigenvalue weighted by molar-refractivity contribution is 7.15. The number of nitrogens with zero attached hydrogens (tertiary/aromatic N) is 2. The molecule has 0 bridgehead atoms. The number of carbonyl (C=O) groups excluding carboxylic acids is 2. The average Bonchev–Trinajstić information content (AvgIpc) is 3.33. The maximum absolute atomic E-state index is 12.4. The van der Waals surface area contributed by atoms with Crippen LogP contribution in [0.2, 0.25) is 10.0 Å². The smallest absolute Gasteiger partial charge is 0.321 e. The predicted molar refractivity (Wildman–Crippen MR) is 121 cm³/mol. The predicted octanol–water partition coefficient (Wildman–Crippen LogP) is 4.51. The third kappa shape index (κ3) is 5.43. The van der Waals surface area contributed by atoms with Crippen LogP contribution in [0.15, 0.2) is 18.2 Å². The van der Waals surface area contributed by atoms with Crippen LogP contribution < -0.4 is 16.0 Å². The molecule has 1 aromatic heterocycles. The first-order valence-electron chi connectivity index (χ1n) is 9.99. The van der Waals surface area contributed by atoms with Gasteiger partial charge in [-0.3, -0.25) is 15.0 Å². The summed E-state index contributed by atoms with van der Waals surface area (Å²) in [7, 11) is 0. The van der Waals surface area contributed by atoms with Crippen molar-refractivity contribution in [3.8, 4) is 0 Å². The number of nitrogens with one attached hydrogen (secondary N) is 3. The Kier molecular flexibility index (Phi) is 6.77. The van der Waals surface area contributed by atoms with Gasteiger partial charge in [0.05, 0.1) is 22.3 Å². The van der Waals surface area contributed by atoms with Crippen molar-refractivity contribution in [2.75, 3.05) is 23.7 Å². The highest BCUT2D eigenvalue weighted by Gasteiger charge is 2.24. The first-order valence-corrected chi connectivity index (χ1v) is 11.6. The second-order valence-electron chi connectivity index (χ2n) is 7.61. The number of thiazole rings is 1. The van der Waals surface area contributed by atoms with E-state index in [0.29, 0.717) is 27.4 Å². The molecule has 3 N–H and O–H groups in total. The number of hydrogen-bond donors (Lipinski definition) is 3. The van der Waals surface area contributed by atoms with Gasteiger partial charge in [0.1, 0.15) is 0 Å². The van der Waals surface area contributed by atoms with E-state index in [4.69, 9.17) is 23.2 Å². The van der Waals surface area contributed by atoms with Crippen molar-refractivity contribution in [3.05, 3.63) is 38.8 Å². The molecule has 2 aromatic rings. The molecule has 1 aromatic carbocycles. The van der Waals surface area contributed by atoms with Gasteiger partial charge in [-0.1, -0.05) is 36.0 Å². The Labute approximate surface area is 189 Å². The number of benzene rings is 1. The number of rotatable bonds is 5. The average molecular weight is 468 g/mol. The lowest BCUT2D eigenvalue weighted by Crippen LogP contribution is -2.36. The maximum Gasteiger partial charge on any atom is 0.321 e. The van der Waals surface area contributed by atoms with Crippen LogP contribution in [0.4, 0.5) is 15.6 Å². The van der Waals surface area contributed by atoms with E-state index in [-0.39, 0.29) is 24.5 Å². The summed E-state index contributed by atoms with van der Waals surface area (Å²) in [5.41, 5.74) is 1.61. The Morgan fingerprint density at radius 3 is 2.73 bits per heavy atom. The van der Waals surface area contributed by atoms with Gasteiger partial charge in [-0.15, -0.1) is 11.3 Å². The molecule has 0 unspecified atom stereocenters. The van der Waals surface area contributed by atoms with Gasteiger partial charge < -0.3 is 10.6 Å². The van der Waals surface area contributed by atoms with Crippen LogP contribution in [0.1, 0.15) is 36.3 Å². The second-order valence-corrected chi connectivity index (χ2v) is 9.50. The lowest BCUT2D eigenvalue weighted by atomic mass is 10.2. The zero-order valence-electron chi connectivity index (χ0n) is 16.3. The number of halogens is 2. The van der Waals surface area contributed by atoms with E-state index in [1.54, 1.807) is 18.2 Å². The van der Waals surface area contributed by atoms with Gasteiger partial charge in [-0.05, 0) is 31.0 Å². The summed E-state index contributed by atoms with van der Waals surface area (Å²) in [5, 5.41) is 10.2. The summed E-state index contributed by atoms with van der Waals surface area (Å²) in [6.45, 7) is 1.63. The molecule has 3 amide bonds. The molecule has 0 atom stereocenters. The van der Waals surface area contributed by atoms with E-state index < -0.39 is 0 Å². The van der Waals surface area contributed by atoms with Gasteiger partial charge in [0.15, 0.2) is 5.13 Å². The van der Waals surface area contributed by atoms with Crippen LogP contribution in [0.3, 0.4) is 0 Å². The van der Waals surface area contributed by atoms with Gasteiger partial charge in [-0.2, -0.15) is 0 Å². The van der Waals surface area contributed by atoms with E-state index in [1.807, 2.05) is 0 Å². The number of hydrogen-bond acceptors (Lipinski definition) is 5. The minimum absolute atomic E-state index is 0.115. The summed E-state index contributed by atoms with van der Waals surface area (Å²) in [6.07, 6.45) is 5.18. The van der Waals surface area contributed by atoms with Crippen molar-refractivity contribution in [2.24, 2.45) is 0 Å². The fourth-order valence-electron chi connectivity index (χ4n) is 3.80. The van der Waals surface area contributed by atoms with E-state index >= 15 is 0 Å². The normalized spacial score (nSPS) is 16.9. The number of aromatic nitrogens is 1. The molecular formula is C20H23Cl2N5O2S. The summed E-state index contributed by atoms with van der Waals surface area (Å²) < 4.78 is 0. The van der Waals surface area contributed by atoms with Crippen molar-refractivity contribution < 1.29 is 9.59 Å². The number of carbonyl (C=O) groups is 2. The fourth-order valence-corrected chi connectivity index (χ4v) is 5.15. The number of amides is 3. The van der Waals surface area contributed by atoms with Crippen LogP contribution in [-0.2, 0) is 17.8 Å². The van der Waals surface area contributed by atoms with E-state index in [0.717, 1.165) is 36.4 Å². The zero-order valence-corrected chi connectivity index (χ0v) is 18.7. The maximum atomic E-state index is 12.4. The standard InChI is InChI=1S/C20H23Cl2N5O2S/c21-14-6-5-13(9-15(14)22)23-18(28)11-27-8-7-16-17(10-27)30-20(25-16)26-19(29)24-12-3-1-2-4-12/h5-6,9,12H,1-4,7-8,10-11H2,(H,23,28)(H2,24,25,26,29). The van der Waals surface area contributed by atoms with E-state index in [1.165, 1.54) is 24.2 Å². The molecule has 1 saturated carbocycles. The Balaban J connectivity index is 1.29. The first kappa shape index (κ1) is 21.4. The van der Waals surface area contributed by atoms with Crippen LogP contribution in [0, 0.1) is 0 Å². The lowest BCUT2D eigenvalue weighted by Gasteiger charge is -2.25. The van der Waals surface area contributed by atoms with Crippen molar-refractivity contribution in [1.82, 2.24) is 15.2 Å². The number of urea groups is 1. The third-order valence-electron chi connectivity index (χ3n) is 5.29. The molecule has 0 spiro atoms. The quantitative estimate of drug-likeness (QED) is 0.603. The van der Waals surface area contributed by atoms with Gasteiger partial charge in [0.2, 0.25) is 5.91 Å². The minimum atomic E-state index is -0.189. The van der Waals surface area contributed by atoms with Crippen molar-refractivity contribution in [3.63, 3.8) is 0 Å². The minimum Gasteiger partial charge on any atom is -0.335 e. The fraction of sp³-hybridized carbons (Fsp3) is 0.450. The van der Waals surface area contributed by atoms with Gasteiger partial charge in [0, 0.05) is 36.1 Å². The summed E-state index contributed by atoms with van der Waals surface area (Å²) in [4.78, 5) is 32.3. The molecule has 1 aliphatic carbocycles. The van der Waals surface area contributed by atoms with Crippen molar-refractivity contribution in [2.45, 2.75) is 44.7 Å².